The summed E-state index contributed by atoms with van der Waals surface area (Å²) in [7, 11) is 0. The number of carbonyl (C=O) groups is 1. The summed E-state index contributed by atoms with van der Waals surface area (Å²) in [4.78, 5) is 27.5. The molecule has 0 saturated heterocycles. The molecule has 1 aromatic heterocycles. The monoisotopic (exact) mass is 375 g/mol. The van der Waals surface area contributed by atoms with Crippen molar-refractivity contribution in [2.24, 2.45) is 0 Å². The summed E-state index contributed by atoms with van der Waals surface area (Å²) >= 11 is 0. The van der Waals surface area contributed by atoms with E-state index >= 15 is 0 Å². The third-order valence-electron chi connectivity index (χ3n) is 4.69. The Morgan fingerprint density at radius 1 is 1.00 bits per heavy atom. The van der Waals surface area contributed by atoms with Gasteiger partial charge in [0.2, 0.25) is 0 Å². The van der Waals surface area contributed by atoms with Crippen LogP contribution in [-0.2, 0) is 4.79 Å². The van der Waals surface area contributed by atoms with E-state index in [0.717, 1.165) is 24.1 Å². The molecular weight excluding hydrogens is 350 g/mol. The summed E-state index contributed by atoms with van der Waals surface area (Å²) in [6, 6.07) is 21.7. The van der Waals surface area contributed by atoms with Crippen molar-refractivity contribution >= 4 is 11.6 Å². The number of anilines is 1. The molecule has 1 amide bonds. The number of aromatic nitrogens is 2. The summed E-state index contributed by atoms with van der Waals surface area (Å²) in [5.74, 6) is -0.139. The number of hydrogen-bond acceptors (Lipinski definition) is 3. The number of nitrogens with zero attached hydrogens (tertiary/aromatic N) is 3. The van der Waals surface area contributed by atoms with E-state index in [1.807, 2.05) is 60.7 Å². The second kappa shape index (κ2) is 9.13. The molecule has 0 bridgehead atoms. The fourth-order valence-corrected chi connectivity index (χ4v) is 3.09. The Morgan fingerprint density at radius 2 is 1.64 bits per heavy atom. The molecule has 5 nitrogen and oxygen atoms in total. The van der Waals surface area contributed by atoms with Crippen molar-refractivity contribution < 1.29 is 4.79 Å². The third-order valence-corrected chi connectivity index (χ3v) is 4.69. The first kappa shape index (κ1) is 19.5. The Bertz CT molecular complexity index is 968. The molecule has 0 spiro atoms. The standard InChI is InChI=1S/C23H25N3O2/c1-3-4-17-25(20-13-9-6-10-14-20)23(28)18(2)26-22(27)16-15-21(24-26)19-11-7-5-8-12-19/h5-16,18H,3-4,17H2,1-2H3. The zero-order chi connectivity index (χ0) is 19.9. The van der Waals surface area contributed by atoms with Crippen molar-refractivity contribution in [3.63, 3.8) is 0 Å². The predicted octanol–water partition coefficient (Wildman–Crippen LogP) is 4.30. The van der Waals surface area contributed by atoms with Crippen LogP contribution in [0.15, 0.2) is 77.6 Å². The van der Waals surface area contributed by atoms with Crippen LogP contribution in [0.3, 0.4) is 0 Å². The highest BCUT2D eigenvalue weighted by atomic mass is 16.2. The van der Waals surface area contributed by atoms with E-state index in [1.165, 1.54) is 10.7 Å². The van der Waals surface area contributed by atoms with Gasteiger partial charge >= 0.3 is 0 Å². The van der Waals surface area contributed by atoms with Crippen molar-refractivity contribution in [2.75, 3.05) is 11.4 Å². The zero-order valence-electron chi connectivity index (χ0n) is 16.3. The highest BCUT2D eigenvalue weighted by molar-refractivity contribution is 5.95. The Labute approximate surface area is 165 Å². The fourth-order valence-electron chi connectivity index (χ4n) is 3.09. The van der Waals surface area contributed by atoms with Gasteiger partial charge in [0.15, 0.2) is 0 Å². The molecule has 28 heavy (non-hydrogen) atoms. The van der Waals surface area contributed by atoms with Gasteiger partial charge < -0.3 is 4.90 Å². The molecule has 0 aliphatic carbocycles. The molecule has 1 heterocycles. The minimum atomic E-state index is -0.701. The molecular formula is C23H25N3O2. The quantitative estimate of drug-likeness (QED) is 0.618. The largest absolute Gasteiger partial charge is 0.311 e. The second-order valence-corrected chi connectivity index (χ2v) is 6.72. The van der Waals surface area contributed by atoms with Crippen LogP contribution in [0.1, 0.15) is 32.7 Å². The lowest BCUT2D eigenvalue weighted by molar-refractivity contribution is -0.121. The van der Waals surface area contributed by atoms with Crippen LogP contribution in [0.5, 0.6) is 0 Å². The van der Waals surface area contributed by atoms with Crippen molar-refractivity contribution in [1.29, 1.82) is 0 Å². The molecule has 3 aromatic rings. The van der Waals surface area contributed by atoms with Gasteiger partial charge in [-0.2, -0.15) is 5.10 Å². The Hall–Kier alpha value is -3.21. The van der Waals surface area contributed by atoms with Gasteiger partial charge in [-0.1, -0.05) is 61.9 Å². The average Bonchev–Trinajstić information content (AvgIpc) is 2.75. The van der Waals surface area contributed by atoms with Crippen LogP contribution >= 0.6 is 0 Å². The van der Waals surface area contributed by atoms with Gasteiger partial charge in [-0.3, -0.25) is 9.59 Å². The van der Waals surface area contributed by atoms with Crippen molar-refractivity contribution in [3.8, 4) is 11.3 Å². The van der Waals surface area contributed by atoms with E-state index in [0.29, 0.717) is 12.2 Å². The number of hydrogen-bond donors (Lipinski definition) is 0. The first-order valence-electron chi connectivity index (χ1n) is 9.63. The van der Waals surface area contributed by atoms with Gasteiger partial charge in [-0.15, -0.1) is 0 Å². The van der Waals surface area contributed by atoms with Crippen LogP contribution < -0.4 is 10.5 Å². The highest BCUT2D eigenvalue weighted by Gasteiger charge is 2.24. The van der Waals surface area contributed by atoms with Gasteiger partial charge in [0.1, 0.15) is 6.04 Å². The van der Waals surface area contributed by atoms with Gasteiger partial charge in [0, 0.05) is 23.9 Å². The van der Waals surface area contributed by atoms with E-state index < -0.39 is 6.04 Å². The molecule has 0 saturated carbocycles. The molecule has 0 aliphatic heterocycles. The summed E-state index contributed by atoms with van der Waals surface area (Å²) in [6.07, 6.45) is 1.87. The van der Waals surface area contributed by atoms with Gasteiger partial charge in [0.25, 0.3) is 11.5 Å². The number of amides is 1. The Balaban J connectivity index is 1.94. The lowest BCUT2D eigenvalue weighted by atomic mass is 10.1. The maximum absolute atomic E-state index is 13.3. The first-order chi connectivity index (χ1) is 13.6. The van der Waals surface area contributed by atoms with Gasteiger partial charge in [0.05, 0.1) is 5.69 Å². The van der Waals surface area contributed by atoms with Crippen LogP contribution in [0.25, 0.3) is 11.3 Å². The number of rotatable bonds is 7. The number of para-hydroxylation sites is 1. The molecule has 5 heteroatoms. The van der Waals surface area contributed by atoms with E-state index in [9.17, 15) is 9.59 Å². The Kier molecular flexibility index (Phi) is 6.37. The number of unbranched alkanes of at least 4 members (excludes halogenated alkanes) is 1. The fraction of sp³-hybridized carbons (Fsp3) is 0.261. The minimum absolute atomic E-state index is 0.139. The third kappa shape index (κ3) is 4.36. The summed E-state index contributed by atoms with van der Waals surface area (Å²) < 4.78 is 1.28. The van der Waals surface area contributed by atoms with E-state index in [4.69, 9.17) is 0 Å². The normalized spacial score (nSPS) is 11.8. The van der Waals surface area contributed by atoms with Gasteiger partial charge in [-0.25, -0.2) is 4.68 Å². The molecule has 3 rings (SSSR count). The summed E-state index contributed by atoms with van der Waals surface area (Å²) in [6.45, 7) is 4.43. The minimum Gasteiger partial charge on any atom is -0.311 e. The van der Waals surface area contributed by atoms with E-state index in [2.05, 4.69) is 12.0 Å². The average molecular weight is 375 g/mol. The smallest absolute Gasteiger partial charge is 0.267 e. The second-order valence-electron chi connectivity index (χ2n) is 6.72. The van der Waals surface area contributed by atoms with Crippen LogP contribution in [0.2, 0.25) is 0 Å². The van der Waals surface area contributed by atoms with E-state index in [1.54, 1.807) is 17.9 Å². The predicted molar refractivity (Wildman–Crippen MR) is 112 cm³/mol. The van der Waals surface area contributed by atoms with Crippen molar-refractivity contribution in [1.82, 2.24) is 9.78 Å². The molecule has 2 aromatic carbocycles. The van der Waals surface area contributed by atoms with Gasteiger partial charge in [-0.05, 0) is 31.5 Å². The van der Waals surface area contributed by atoms with E-state index in [-0.39, 0.29) is 11.5 Å². The highest BCUT2D eigenvalue weighted by Crippen LogP contribution is 2.20. The Morgan fingerprint density at radius 3 is 2.29 bits per heavy atom. The lowest BCUT2D eigenvalue weighted by Gasteiger charge is -2.26. The first-order valence-corrected chi connectivity index (χ1v) is 9.63. The van der Waals surface area contributed by atoms with Crippen molar-refractivity contribution in [2.45, 2.75) is 32.7 Å². The molecule has 0 radical (unpaired) electrons. The SMILES string of the molecule is CCCCN(C(=O)C(C)n1nc(-c2ccccc2)ccc1=O)c1ccccc1. The molecule has 0 fully saturated rings. The molecule has 1 unspecified atom stereocenters. The zero-order valence-corrected chi connectivity index (χ0v) is 16.3. The van der Waals surface area contributed by atoms with Crippen LogP contribution in [-0.4, -0.2) is 22.2 Å². The summed E-state index contributed by atoms with van der Waals surface area (Å²) in [5.41, 5.74) is 2.12. The number of benzene rings is 2. The molecule has 1 atom stereocenters. The van der Waals surface area contributed by atoms with Crippen LogP contribution in [0, 0.1) is 0 Å². The van der Waals surface area contributed by atoms with Crippen molar-refractivity contribution in [3.05, 3.63) is 83.2 Å². The van der Waals surface area contributed by atoms with Crippen LogP contribution in [0.4, 0.5) is 5.69 Å². The maximum atomic E-state index is 13.3. The topological polar surface area (TPSA) is 55.2 Å². The molecule has 0 N–H and O–H groups in total. The number of carbonyl (C=O) groups excluding carboxylic acids is 1. The lowest BCUT2D eigenvalue weighted by Crippen LogP contribution is -2.40. The molecule has 144 valence electrons. The maximum Gasteiger partial charge on any atom is 0.267 e. The summed E-state index contributed by atoms with van der Waals surface area (Å²) in [5, 5.41) is 4.48. The molecule has 0 aliphatic rings.